The van der Waals surface area contributed by atoms with Crippen molar-refractivity contribution in [1.82, 2.24) is 0 Å². The molecular weight excluding hydrogens is 332 g/mol. The Balaban J connectivity index is 1.66. The normalized spacial score (nSPS) is 19.2. The number of allylic oxidation sites excluding steroid dienone is 2. The van der Waals surface area contributed by atoms with Gasteiger partial charge in [-0.1, -0.05) is 38.5 Å². The van der Waals surface area contributed by atoms with Gasteiger partial charge in [-0.25, -0.2) is 0 Å². The minimum Gasteiger partial charge on any atom is -0.489 e. The van der Waals surface area contributed by atoms with Gasteiger partial charge in [0, 0.05) is 11.1 Å². The molecule has 1 saturated carbocycles. The summed E-state index contributed by atoms with van der Waals surface area (Å²) in [5, 5.41) is 9.78. The minimum absolute atomic E-state index is 0.00890. The van der Waals surface area contributed by atoms with Gasteiger partial charge in [-0.15, -0.1) is 0 Å². The van der Waals surface area contributed by atoms with Crippen molar-refractivity contribution < 1.29 is 24.2 Å². The highest BCUT2D eigenvalue weighted by atomic mass is 16.5. The lowest BCUT2D eigenvalue weighted by molar-refractivity contribution is -0.121. The van der Waals surface area contributed by atoms with E-state index < -0.39 is 0 Å². The van der Waals surface area contributed by atoms with E-state index in [1.165, 1.54) is 33.5 Å². The number of carbonyl (C=O) groups is 2. The van der Waals surface area contributed by atoms with Crippen LogP contribution in [0, 0.1) is 0 Å². The predicted octanol–water partition coefficient (Wildman–Crippen LogP) is 3.99. The Kier molecular flexibility index (Phi) is 7.44. The first-order chi connectivity index (χ1) is 12.4. The number of rotatable bonds is 12. The fourth-order valence-corrected chi connectivity index (χ4v) is 3.53. The fourth-order valence-electron chi connectivity index (χ4n) is 3.53. The van der Waals surface area contributed by atoms with Crippen LogP contribution in [0.5, 0.6) is 0 Å². The quantitative estimate of drug-likeness (QED) is 0.419. The van der Waals surface area contributed by atoms with Gasteiger partial charge in [0.25, 0.3) is 0 Å². The third kappa shape index (κ3) is 5.19. The molecule has 1 N–H and O–H groups in total. The van der Waals surface area contributed by atoms with Crippen LogP contribution >= 0.6 is 0 Å². The van der Waals surface area contributed by atoms with Gasteiger partial charge in [0.1, 0.15) is 0 Å². The van der Waals surface area contributed by atoms with E-state index in [2.05, 4.69) is 0 Å². The number of ether oxygens (including phenoxy) is 2. The highest BCUT2D eigenvalue weighted by Crippen LogP contribution is 2.39. The molecule has 1 fully saturated rings. The monoisotopic (exact) mass is 364 g/mol. The summed E-state index contributed by atoms with van der Waals surface area (Å²) in [6.07, 6.45) is 11.3. The van der Waals surface area contributed by atoms with Crippen molar-refractivity contribution in [3.05, 3.63) is 22.7 Å². The third-order valence-electron chi connectivity index (χ3n) is 5.49. The molecule has 0 aromatic carbocycles. The number of methoxy groups -OCH3 is 2. The largest absolute Gasteiger partial charge is 0.489 e. The minimum atomic E-state index is -0.312. The Labute approximate surface area is 156 Å². The van der Waals surface area contributed by atoms with Gasteiger partial charge in [-0.05, 0) is 39.0 Å². The molecule has 0 amide bonds. The summed E-state index contributed by atoms with van der Waals surface area (Å²) in [6.45, 7) is 1.69. The summed E-state index contributed by atoms with van der Waals surface area (Å²) in [5.74, 6) is -0.444. The summed E-state index contributed by atoms with van der Waals surface area (Å²) in [4.78, 5) is 24.8. The average molecular weight is 364 g/mol. The molecule has 0 atom stereocenters. The Morgan fingerprint density at radius 2 is 1.35 bits per heavy atom. The number of Topliss-reactive ketones (excluding diaryl/α,β-unsaturated/α-hetero) is 2. The van der Waals surface area contributed by atoms with Gasteiger partial charge in [-0.2, -0.15) is 0 Å². The van der Waals surface area contributed by atoms with Crippen LogP contribution < -0.4 is 0 Å². The molecule has 2 rings (SSSR count). The maximum atomic E-state index is 12.5. The molecule has 0 saturated heterocycles. The smallest absolute Gasteiger partial charge is 0.228 e. The first kappa shape index (κ1) is 20.7. The Hall–Kier alpha value is -1.62. The molecule has 0 spiro atoms. The van der Waals surface area contributed by atoms with E-state index in [0.29, 0.717) is 17.6 Å². The molecule has 2 aliphatic carbocycles. The molecule has 26 heavy (non-hydrogen) atoms. The van der Waals surface area contributed by atoms with Crippen molar-refractivity contribution in [2.24, 2.45) is 0 Å². The zero-order valence-electron chi connectivity index (χ0n) is 16.4. The van der Waals surface area contributed by atoms with Crippen LogP contribution in [0.25, 0.3) is 0 Å². The van der Waals surface area contributed by atoms with E-state index in [-0.39, 0.29) is 28.7 Å². The zero-order chi connectivity index (χ0) is 19.2. The molecule has 5 nitrogen and oxygen atoms in total. The standard InChI is InChI=1S/C21H32O5/c1-15-16(18(23)20(26-3)19(25-2)17(15)22)11-9-7-5-4-6-8-10-12-21(24)13-14-21/h24H,4-14H2,1-3H3. The Morgan fingerprint density at radius 1 is 0.846 bits per heavy atom. The zero-order valence-corrected chi connectivity index (χ0v) is 16.4. The van der Waals surface area contributed by atoms with Crippen molar-refractivity contribution in [2.45, 2.75) is 83.2 Å². The molecule has 0 heterocycles. The van der Waals surface area contributed by atoms with Gasteiger partial charge in [0.05, 0.1) is 19.8 Å². The predicted molar refractivity (Wildman–Crippen MR) is 99.5 cm³/mol. The van der Waals surface area contributed by atoms with E-state index in [0.717, 1.165) is 44.9 Å². The topological polar surface area (TPSA) is 72.8 Å². The van der Waals surface area contributed by atoms with Gasteiger partial charge in [-0.3, -0.25) is 9.59 Å². The van der Waals surface area contributed by atoms with Crippen LogP contribution in [0.4, 0.5) is 0 Å². The summed E-state index contributed by atoms with van der Waals surface area (Å²) in [7, 11) is 2.77. The van der Waals surface area contributed by atoms with Crippen LogP contribution in [0.3, 0.4) is 0 Å². The maximum Gasteiger partial charge on any atom is 0.228 e. The van der Waals surface area contributed by atoms with Crippen LogP contribution in [0.15, 0.2) is 22.7 Å². The van der Waals surface area contributed by atoms with E-state index in [1.807, 2.05) is 0 Å². The molecule has 5 heteroatoms. The van der Waals surface area contributed by atoms with Crippen molar-refractivity contribution in [3.63, 3.8) is 0 Å². The summed E-state index contributed by atoms with van der Waals surface area (Å²) in [6, 6.07) is 0. The lowest BCUT2D eigenvalue weighted by atomic mass is 9.89. The van der Waals surface area contributed by atoms with Crippen molar-refractivity contribution in [2.75, 3.05) is 14.2 Å². The molecule has 0 bridgehead atoms. The first-order valence-electron chi connectivity index (χ1n) is 9.77. The van der Waals surface area contributed by atoms with Crippen LogP contribution in [-0.4, -0.2) is 36.5 Å². The van der Waals surface area contributed by atoms with Crippen molar-refractivity contribution in [1.29, 1.82) is 0 Å². The highest BCUT2D eigenvalue weighted by molar-refractivity contribution is 6.23. The maximum absolute atomic E-state index is 12.5. The van der Waals surface area contributed by atoms with Crippen LogP contribution in [0.2, 0.25) is 0 Å². The Bertz CT molecular complexity index is 596. The lowest BCUT2D eigenvalue weighted by Crippen LogP contribution is -2.25. The molecule has 0 aliphatic heterocycles. The first-order valence-corrected chi connectivity index (χ1v) is 9.77. The van der Waals surface area contributed by atoms with Gasteiger partial charge in [0.2, 0.25) is 23.1 Å². The molecule has 0 unspecified atom stereocenters. The number of unbranched alkanes of at least 4 members (excludes halogenated alkanes) is 6. The Morgan fingerprint density at radius 3 is 1.88 bits per heavy atom. The molecule has 146 valence electrons. The second-order valence-electron chi connectivity index (χ2n) is 7.53. The van der Waals surface area contributed by atoms with E-state index >= 15 is 0 Å². The molecule has 0 aromatic rings. The van der Waals surface area contributed by atoms with Gasteiger partial charge in [0.15, 0.2) is 0 Å². The average Bonchev–Trinajstić information content (AvgIpc) is 3.36. The van der Waals surface area contributed by atoms with Gasteiger partial charge >= 0.3 is 0 Å². The van der Waals surface area contributed by atoms with E-state index in [1.54, 1.807) is 6.92 Å². The summed E-state index contributed by atoms with van der Waals surface area (Å²) in [5.41, 5.74) is 0.726. The van der Waals surface area contributed by atoms with E-state index in [4.69, 9.17) is 9.47 Å². The van der Waals surface area contributed by atoms with Gasteiger partial charge < -0.3 is 14.6 Å². The number of ketones is 2. The highest BCUT2D eigenvalue weighted by Gasteiger charge is 2.39. The molecule has 0 radical (unpaired) electrons. The van der Waals surface area contributed by atoms with Crippen molar-refractivity contribution >= 4 is 11.6 Å². The lowest BCUT2D eigenvalue weighted by Gasteiger charge is -2.20. The SMILES string of the molecule is COC1=C(OC)C(=O)C(CCCCCCCCCC2(O)CC2)=C(C)C1=O. The van der Waals surface area contributed by atoms with Crippen molar-refractivity contribution in [3.8, 4) is 0 Å². The second-order valence-corrected chi connectivity index (χ2v) is 7.53. The molecule has 2 aliphatic rings. The fraction of sp³-hybridized carbons (Fsp3) is 0.714. The number of hydrogen-bond acceptors (Lipinski definition) is 5. The third-order valence-corrected chi connectivity index (χ3v) is 5.49. The number of carbonyl (C=O) groups excluding carboxylic acids is 2. The molecular formula is C21H32O5. The summed E-state index contributed by atoms with van der Waals surface area (Å²) < 4.78 is 10.1. The second kappa shape index (κ2) is 9.36. The number of hydrogen-bond donors (Lipinski definition) is 1. The van der Waals surface area contributed by atoms with Crippen LogP contribution in [-0.2, 0) is 19.1 Å². The number of aliphatic hydroxyl groups is 1. The molecule has 0 aromatic heterocycles. The van der Waals surface area contributed by atoms with Crippen LogP contribution in [0.1, 0.15) is 77.6 Å². The van der Waals surface area contributed by atoms with E-state index in [9.17, 15) is 14.7 Å². The summed E-state index contributed by atoms with van der Waals surface area (Å²) >= 11 is 0.